The van der Waals surface area contributed by atoms with E-state index in [0.717, 1.165) is 22.9 Å². The van der Waals surface area contributed by atoms with Gasteiger partial charge in [-0.2, -0.15) is 0 Å². The second-order valence-corrected chi connectivity index (χ2v) is 7.37. The number of benzene rings is 1. The molecular weight excluding hydrogens is 354 g/mol. The predicted octanol–water partition coefficient (Wildman–Crippen LogP) is 2.07. The van der Waals surface area contributed by atoms with E-state index in [1.54, 1.807) is 0 Å². The van der Waals surface area contributed by atoms with Gasteiger partial charge in [0, 0.05) is 54.7 Å². The van der Waals surface area contributed by atoms with E-state index in [1.165, 1.54) is 0 Å². The van der Waals surface area contributed by atoms with Crippen molar-refractivity contribution in [3.63, 3.8) is 0 Å². The summed E-state index contributed by atoms with van der Waals surface area (Å²) in [7, 11) is 0. The lowest BCUT2D eigenvalue weighted by Crippen LogP contribution is -2.44. The van der Waals surface area contributed by atoms with Crippen LogP contribution in [0.25, 0.3) is 10.9 Å². The summed E-state index contributed by atoms with van der Waals surface area (Å²) in [5, 5.41) is 1.79. The van der Waals surface area contributed by atoms with Gasteiger partial charge in [-0.1, -0.05) is 11.6 Å². The fraction of sp³-hybridized carbons (Fsp3) is 0.474. The number of hydrogen-bond donors (Lipinski definition) is 1. The van der Waals surface area contributed by atoms with Crippen LogP contribution in [-0.2, 0) is 20.7 Å². The van der Waals surface area contributed by atoms with E-state index < -0.39 is 0 Å². The van der Waals surface area contributed by atoms with Crippen LogP contribution in [0.2, 0.25) is 5.02 Å². The molecule has 0 radical (unpaired) electrons. The molecule has 3 heterocycles. The monoisotopic (exact) mass is 375 g/mol. The summed E-state index contributed by atoms with van der Waals surface area (Å²) in [5.74, 6) is -0.0736. The fourth-order valence-corrected chi connectivity index (χ4v) is 3.98. The van der Waals surface area contributed by atoms with Crippen molar-refractivity contribution in [2.75, 3.05) is 39.4 Å². The van der Waals surface area contributed by atoms with Crippen LogP contribution in [0, 0.1) is 5.92 Å². The molecule has 4 rings (SSSR count). The Balaban J connectivity index is 1.38. The number of nitrogens with zero attached hydrogens (tertiary/aromatic N) is 2. The highest BCUT2D eigenvalue weighted by molar-refractivity contribution is 6.31. The molecule has 6 nitrogen and oxygen atoms in total. The quantitative estimate of drug-likeness (QED) is 0.889. The molecule has 1 aromatic carbocycles. The molecule has 2 amide bonds. The molecule has 2 aliphatic rings. The topological polar surface area (TPSA) is 65.6 Å². The van der Waals surface area contributed by atoms with Crippen molar-refractivity contribution in [1.29, 1.82) is 0 Å². The Morgan fingerprint density at radius 1 is 1.31 bits per heavy atom. The van der Waals surface area contributed by atoms with Crippen molar-refractivity contribution in [1.82, 2.24) is 14.8 Å². The van der Waals surface area contributed by atoms with Crippen LogP contribution < -0.4 is 0 Å². The standard InChI is InChI=1S/C19H22ClN3O3/c20-15-1-2-17-16(10-15)13(11-21-17)3-4-23-12-14(9-18(23)24)19(25)22-5-7-26-8-6-22/h1-2,10-11,14,21H,3-9,12H2/t14-/m1/s1. The van der Waals surface area contributed by atoms with Crippen LogP contribution in [-0.4, -0.2) is 66.0 Å². The number of fused-ring (bicyclic) bond motifs is 1. The summed E-state index contributed by atoms with van der Waals surface area (Å²) in [4.78, 5) is 31.8. The number of aromatic amines is 1. The lowest BCUT2D eigenvalue weighted by molar-refractivity contribution is -0.139. The normalized spacial score (nSPS) is 21.0. The van der Waals surface area contributed by atoms with E-state index in [2.05, 4.69) is 4.98 Å². The van der Waals surface area contributed by atoms with Crippen LogP contribution in [0.5, 0.6) is 0 Å². The molecule has 2 aromatic rings. The third-order valence-electron chi connectivity index (χ3n) is 5.27. The van der Waals surface area contributed by atoms with Gasteiger partial charge in [-0.25, -0.2) is 0 Å². The number of carbonyl (C=O) groups is 2. The molecule has 0 unspecified atom stereocenters. The first kappa shape index (κ1) is 17.4. The first-order chi connectivity index (χ1) is 12.6. The highest BCUT2D eigenvalue weighted by atomic mass is 35.5. The second kappa shape index (κ2) is 7.29. The number of aromatic nitrogens is 1. The Hall–Kier alpha value is -2.05. The van der Waals surface area contributed by atoms with Crippen LogP contribution in [0.15, 0.2) is 24.4 Å². The lowest BCUT2D eigenvalue weighted by atomic mass is 10.1. The van der Waals surface area contributed by atoms with Gasteiger partial charge in [0.2, 0.25) is 11.8 Å². The van der Waals surface area contributed by atoms with Crippen LogP contribution in [0.3, 0.4) is 0 Å². The van der Waals surface area contributed by atoms with Crippen LogP contribution in [0.4, 0.5) is 0 Å². The summed E-state index contributed by atoms with van der Waals surface area (Å²) in [6.07, 6.45) is 3.03. The minimum atomic E-state index is -0.224. The highest BCUT2D eigenvalue weighted by Gasteiger charge is 2.36. The van der Waals surface area contributed by atoms with E-state index in [0.29, 0.717) is 50.8 Å². The zero-order valence-corrected chi connectivity index (χ0v) is 15.3. The summed E-state index contributed by atoms with van der Waals surface area (Å²) in [6.45, 7) is 3.54. The van der Waals surface area contributed by atoms with Gasteiger partial charge in [0.1, 0.15) is 0 Å². The molecule has 1 N–H and O–H groups in total. The smallest absolute Gasteiger partial charge is 0.228 e. The van der Waals surface area contributed by atoms with Crippen LogP contribution in [0.1, 0.15) is 12.0 Å². The maximum absolute atomic E-state index is 12.6. The number of carbonyl (C=O) groups excluding carboxylic acids is 2. The molecule has 0 aliphatic carbocycles. The van der Waals surface area contributed by atoms with Gasteiger partial charge in [0.05, 0.1) is 19.1 Å². The number of likely N-dealkylation sites (tertiary alicyclic amines) is 1. The summed E-state index contributed by atoms with van der Waals surface area (Å²) >= 11 is 6.10. The zero-order valence-electron chi connectivity index (χ0n) is 14.5. The Kier molecular flexibility index (Phi) is 4.87. The van der Waals surface area contributed by atoms with Gasteiger partial charge < -0.3 is 19.5 Å². The Morgan fingerprint density at radius 2 is 2.12 bits per heavy atom. The van der Waals surface area contributed by atoms with Gasteiger partial charge in [-0.15, -0.1) is 0 Å². The molecule has 0 bridgehead atoms. The van der Waals surface area contributed by atoms with E-state index >= 15 is 0 Å². The Labute approximate surface area is 157 Å². The third kappa shape index (κ3) is 3.44. The van der Waals surface area contributed by atoms with Gasteiger partial charge >= 0.3 is 0 Å². The number of ether oxygens (including phenoxy) is 1. The predicted molar refractivity (Wildman–Crippen MR) is 99.1 cm³/mol. The molecular formula is C19H22ClN3O3. The maximum atomic E-state index is 12.6. The number of amides is 2. The number of morpholine rings is 1. The molecule has 2 fully saturated rings. The fourth-order valence-electron chi connectivity index (χ4n) is 3.81. The number of halogens is 1. The van der Waals surface area contributed by atoms with Crippen molar-refractivity contribution in [2.45, 2.75) is 12.8 Å². The molecule has 26 heavy (non-hydrogen) atoms. The molecule has 1 aromatic heterocycles. The van der Waals surface area contributed by atoms with E-state index in [1.807, 2.05) is 34.2 Å². The third-order valence-corrected chi connectivity index (χ3v) is 5.50. The molecule has 1 atom stereocenters. The summed E-state index contributed by atoms with van der Waals surface area (Å²) in [5.41, 5.74) is 2.18. The van der Waals surface area contributed by atoms with E-state index in [9.17, 15) is 9.59 Å². The Bertz CT molecular complexity index is 829. The molecule has 0 saturated carbocycles. The van der Waals surface area contributed by atoms with Gasteiger partial charge in [0.25, 0.3) is 0 Å². The maximum Gasteiger partial charge on any atom is 0.228 e. The average Bonchev–Trinajstić information content (AvgIpc) is 3.23. The molecule has 0 spiro atoms. The number of hydrogen-bond acceptors (Lipinski definition) is 3. The Morgan fingerprint density at radius 3 is 2.92 bits per heavy atom. The molecule has 138 valence electrons. The summed E-state index contributed by atoms with van der Waals surface area (Å²) in [6, 6.07) is 5.76. The van der Waals surface area contributed by atoms with Crippen molar-refractivity contribution in [3.05, 3.63) is 35.0 Å². The number of nitrogens with one attached hydrogen (secondary N) is 1. The van der Waals surface area contributed by atoms with Crippen molar-refractivity contribution in [2.24, 2.45) is 5.92 Å². The highest BCUT2D eigenvalue weighted by Crippen LogP contribution is 2.25. The molecule has 2 aliphatic heterocycles. The van der Waals surface area contributed by atoms with Crippen molar-refractivity contribution in [3.8, 4) is 0 Å². The largest absolute Gasteiger partial charge is 0.378 e. The van der Waals surface area contributed by atoms with Gasteiger partial charge in [-0.05, 0) is 30.2 Å². The zero-order chi connectivity index (χ0) is 18.1. The average molecular weight is 376 g/mol. The van der Waals surface area contributed by atoms with Gasteiger partial charge in [-0.3, -0.25) is 9.59 Å². The van der Waals surface area contributed by atoms with Gasteiger partial charge in [0.15, 0.2) is 0 Å². The minimum Gasteiger partial charge on any atom is -0.378 e. The van der Waals surface area contributed by atoms with E-state index in [-0.39, 0.29) is 17.7 Å². The first-order valence-corrected chi connectivity index (χ1v) is 9.39. The lowest BCUT2D eigenvalue weighted by Gasteiger charge is -2.29. The first-order valence-electron chi connectivity index (χ1n) is 9.01. The number of H-pyrrole nitrogens is 1. The molecule has 2 saturated heterocycles. The van der Waals surface area contributed by atoms with E-state index in [4.69, 9.17) is 16.3 Å². The van der Waals surface area contributed by atoms with Crippen LogP contribution >= 0.6 is 11.6 Å². The second-order valence-electron chi connectivity index (χ2n) is 6.93. The van der Waals surface area contributed by atoms with Crippen molar-refractivity contribution >= 4 is 34.3 Å². The minimum absolute atomic E-state index is 0.0643. The number of rotatable bonds is 4. The SMILES string of the molecule is O=C1C[C@@H](C(=O)N2CCOCC2)CN1CCc1c[nH]c2ccc(Cl)cc12. The summed E-state index contributed by atoms with van der Waals surface area (Å²) < 4.78 is 5.29. The molecule has 7 heteroatoms. The van der Waals surface area contributed by atoms with Crippen molar-refractivity contribution < 1.29 is 14.3 Å².